The summed E-state index contributed by atoms with van der Waals surface area (Å²) >= 11 is 0. The summed E-state index contributed by atoms with van der Waals surface area (Å²) in [6, 6.07) is 7.58. The molecule has 2 aliphatic rings. The highest BCUT2D eigenvalue weighted by molar-refractivity contribution is 5.92. The lowest BCUT2D eigenvalue weighted by molar-refractivity contribution is -0.187. The minimum atomic E-state index is -0.852. The van der Waals surface area contributed by atoms with E-state index in [0.717, 1.165) is 5.56 Å². The molecule has 0 aromatic heterocycles. The molecule has 1 aliphatic carbocycles. The zero-order valence-electron chi connectivity index (χ0n) is 14.0. The predicted molar refractivity (Wildman–Crippen MR) is 84.9 cm³/mol. The number of rotatable bonds is 4. The lowest BCUT2D eigenvalue weighted by atomic mass is 9.65. The van der Waals surface area contributed by atoms with Crippen LogP contribution >= 0.6 is 0 Å². The molecular formula is C18H21NO5. The topological polar surface area (TPSA) is 77.8 Å². The summed E-state index contributed by atoms with van der Waals surface area (Å²) in [5.41, 5.74) is -0.0750. The average Bonchev–Trinajstić information content (AvgIpc) is 3.05. The molecule has 1 aromatic rings. The molecule has 6 heteroatoms. The summed E-state index contributed by atoms with van der Waals surface area (Å²) in [5, 5.41) is 9.33. The van der Waals surface area contributed by atoms with Crippen LogP contribution in [0.15, 0.2) is 18.2 Å². The zero-order chi connectivity index (χ0) is 17.2. The smallest absolute Gasteiger partial charge is 0.175 e. The number of ketones is 1. The number of nitriles is 1. The normalized spacial score (nSPS) is 25.5. The fourth-order valence-electron chi connectivity index (χ4n) is 3.65. The summed E-state index contributed by atoms with van der Waals surface area (Å²) < 4.78 is 22.0. The summed E-state index contributed by atoms with van der Waals surface area (Å²) in [6.45, 7) is 1.02. The van der Waals surface area contributed by atoms with E-state index in [-0.39, 0.29) is 18.6 Å². The molecule has 1 saturated heterocycles. The third kappa shape index (κ3) is 2.64. The van der Waals surface area contributed by atoms with Gasteiger partial charge in [0.2, 0.25) is 0 Å². The second-order valence-electron chi connectivity index (χ2n) is 6.19. The van der Waals surface area contributed by atoms with Crippen LogP contribution in [0.2, 0.25) is 0 Å². The first-order valence-electron chi connectivity index (χ1n) is 8.00. The molecule has 1 saturated carbocycles. The minimum Gasteiger partial charge on any atom is -0.493 e. The molecule has 2 fully saturated rings. The molecule has 1 aromatic carbocycles. The molecule has 0 N–H and O–H groups in total. The molecule has 6 nitrogen and oxygen atoms in total. The van der Waals surface area contributed by atoms with E-state index in [2.05, 4.69) is 6.07 Å². The lowest BCUT2D eigenvalue weighted by Gasteiger charge is -2.41. The van der Waals surface area contributed by atoms with Crippen molar-refractivity contribution in [3.05, 3.63) is 23.8 Å². The number of hydrogen-bond acceptors (Lipinski definition) is 6. The highest BCUT2D eigenvalue weighted by atomic mass is 16.7. The minimum absolute atomic E-state index is 0.0237. The van der Waals surface area contributed by atoms with Gasteiger partial charge in [-0.25, -0.2) is 0 Å². The van der Waals surface area contributed by atoms with Gasteiger partial charge < -0.3 is 18.9 Å². The standard InChI is InChI=1S/C18H21NO5/c1-21-14-4-3-13(11-15(14)22-2)17(7-8-19)5-6-18(12-16(17)20)23-9-10-24-18/h3-4,11H,5-7,9-10,12H2,1-2H3. The molecule has 1 atom stereocenters. The zero-order valence-corrected chi connectivity index (χ0v) is 14.0. The maximum Gasteiger partial charge on any atom is 0.175 e. The first-order valence-corrected chi connectivity index (χ1v) is 8.00. The first-order chi connectivity index (χ1) is 11.6. The van der Waals surface area contributed by atoms with Crippen LogP contribution in [0, 0.1) is 11.3 Å². The van der Waals surface area contributed by atoms with Crippen LogP contribution in [0.25, 0.3) is 0 Å². The van der Waals surface area contributed by atoms with Gasteiger partial charge in [0.15, 0.2) is 17.3 Å². The molecular weight excluding hydrogens is 310 g/mol. The van der Waals surface area contributed by atoms with Crippen molar-refractivity contribution in [2.24, 2.45) is 0 Å². The molecule has 1 heterocycles. The Balaban J connectivity index is 1.98. The Morgan fingerprint density at radius 2 is 1.88 bits per heavy atom. The third-order valence-corrected chi connectivity index (χ3v) is 5.03. The number of benzene rings is 1. The fraction of sp³-hybridized carbons (Fsp3) is 0.556. The van der Waals surface area contributed by atoms with Crippen molar-refractivity contribution in [2.75, 3.05) is 27.4 Å². The number of ether oxygens (including phenoxy) is 4. The van der Waals surface area contributed by atoms with Gasteiger partial charge in [-0.1, -0.05) is 6.07 Å². The van der Waals surface area contributed by atoms with E-state index in [9.17, 15) is 10.1 Å². The number of Topliss-reactive ketones (excluding diaryl/α,β-unsaturated/α-hetero) is 1. The van der Waals surface area contributed by atoms with Crippen LogP contribution in [-0.4, -0.2) is 39.0 Å². The maximum atomic E-state index is 13.0. The van der Waals surface area contributed by atoms with Crippen LogP contribution in [0.5, 0.6) is 11.5 Å². The van der Waals surface area contributed by atoms with Crippen LogP contribution in [0.3, 0.4) is 0 Å². The van der Waals surface area contributed by atoms with Gasteiger partial charge in [0.1, 0.15) is 5.78 Å². The molecule has 24 heavy (non-hydrogen) atoms. The highest BCUT2D eigenvalue weighted by Crippen LogP contribution is 2.47. The molecule has 1 spiro atoms. The van der Waals surface area contributed by atoms with Crippen molar-refractivity contribution in [1.29, 1.82) is 5.26 Å². The van der Waals surface area contributed by atoms with Gasteiger partial charge in [0.05, 0.1) is 51.8 Å². The number of nitrogens with zero attached hydrogens (tertiary/aromatic N) is 1. The van der Waals surface area contributed by atoms with Crippen molar-refractivity contribution in [1.82, 2.24) is 0 Å². The monoisotopic (exact) mass is 331 g/mol. The largest absolute Gasteiger partial charge is 0.493 e. The predicted octanol–water partition coefficient (Wildman–Crippen LogP) is 2.35. The van der Waals surface area contributed by atoms with E-state index in [1.165, 1.54) is 0 Å². The Labute approximate surface area is 141 Å². The Kier molecular flexibility index (Phi) is 4.48. The van der Waals surface area contributed by atoms with Gasteiger partial charge in [0, 0.05) is 6.42 Å². The van der Waals surface area contributed by atoms with E-state index in [4.69, 9.17) is 18.9 Å². The summed E-state index contributed by atoms with van der Waals surface area (Å²) in [5.74, 6) is 0.320. The Hall–Kier alpha value is -2.10. The van der Waals surface area contributed by atoms with Gasteiger partial charge in [-0.05, 0) is 24.1 Å². The maximum absolute atomic E-state index is 13.0. The summed E-state index contributed by atoms with van der Waals surface area (Å²) in [4.78, 5) is 13.0. The second kappa shape index (κ2) is 6.42. The highest BCUT2D eigenvalue weighted by Gasteiger charge is 2.52. The molecule has 1 aliphatic heterocycles. The van der Waals surface area contributed by atoms with Crippen molar-refractivity contribution in [2.45, 2.75) is 36.9 Å². The third-order valence-electron chi connectivity index (χ3n) is 5.03. The Morgan fingerprint density at radius 1 is 1.17 bits per heavy atom. The van der Waals surface area contributed by atoms with Crippen molar-refractivity contribution in [3.8, 4) is 17.6 Å². The number of carbonyl (C=O) groups is 1. The van der Waals surface area contributed by atoms with Crippen LogP contribution in [0.1, 0.15) is 31.2 Å². The summed E-state index contributed by atoms with van der Waals surface area (Å²) in [6.07, 6.45) is 1.39. The van der Waals surface area contributed by atoms with Crippen LogP contribution < -0.4 is 9.47 Å². The molecule has 3 rings (SSSR count). The van der Waals surface area contributed by atoms with Crippen molar-refractivity contribution < 1.29 is 23.7 Å². The van der Waals surface area contributed by atoms with Crippen LogP contribution in [0.4, 0.5) is 0 Å². The molecule has 0 amide bonds. The Morgan fingerprint density at radius 3 is 2.46 bits per heavy atom. The van der Waals surface area contributed by atoms with Gasteiger partial charge in [-0.2, -0.15) is 5.26 Å². The summed E-state index contributed by atoms with van der Waals surface area (Å²) in [7, 11) is 3.11. The quantitative estimate of drug-likeness (QED) is 0.843. The van der Waals surface area contributed by atoms with E-state index in [1.54, 1.807) is 26.4 Å². The van der Waals surface area contributed by atoms with Gasteiger partial charge in [-0.15, -0.1) is 0 Å². The molecule has 0 radical (unpaired) electrons. The van der Waals surface area contributed by atoms with Crippen molar-refractivity contribution in [3.63, 3.8) is 0 Å². The second-order valence-corrected chi connectivity index (χ2v) is 6.19. The van der Waals surface area contributed by atoms with E-state index in [1.807, 2.05) is 6.07 Å². The van der Waals surface area contributed by atoms with Gasteiger partial charge >= 0.3 is 0 Å². The number of carbonyl (C=O) groups excluding carboxylic acids is 1. The molecule has 1 unspecified atom stereocenters. The fourth-order valence-corrected chi connectivity index (χ4v) is 3.65. The SMILES string of the molecule is COc1ccc(C2(CC#N)CCC3(CC2=O)OCCO3)cc1OC. The lowest BCUT2D eigenvalue weighted by Crippen LogP contribution is -2.49. The Bertz CT molecular complexity index is 674. The van der Waals surface area contributed by atoms with E-state index in [0.29, 0.717) is 37.6 Å². The average molecular weight is 331 g/mol. The van der Waals surface area contributed by atoms with Crippen LogP contribution in [-0.2, 0) is 19.7 Å². The van der Waals surface area contributed by atoms with E-state index >= 15 is 0 Å². The first kappa shape index (κ1) is 16.7. The molecule has 0 bridgehead atoms. The molecule has 128 valence electrons. The van der Waals surface area contributed by atoms with E-state index < -0.39 is 11.2 Å². The number of methoxy groups -OCH3 is 2. The van der Waals surface area contributed by atoms with Gasteiger partial charge in [-0.3, -0.25) is 4.79 Å². The number of hydrogen-bond donors (Lipinski definition) is 0. The van der Waals surface area contributed by atoms with Crippen molar-refractivity contribution >= 4 is 5.78 Å². The van der Waals surface area contributed by atoms with Gasteiger partial charge in [0.25, 0.3) is 0 Å².